The molecule has 188 valence electrons. The molecule has 2 fully saturated rings. The van der Waals surface area contributed by atoms with Crippen LogP contribution in [0, 0.1) is 5.92 Å². The van der Waals surface area contributed by atoms with Gasteiger partial charge in [-0.05, 0) is 60.7 Å². The van der Waals surface area contributed by atoms with E-state index in [1.54, 1.807) is 40.6 Å². The molecule has 0 aromatic heterocycles. The van der Waals surface area contributed by atoms with Gasteiger partial charge in [0.2, 0.25) is 11.7 Å². The van der Waals surface area contributed by atoms with Crippen LogP contribution in [0.25, 0.3) is 6.08 Å². The summed E-state index contributed by atoms with van der Waals surface area (Å²) in [5.41, 5.74) is 1.05. The molecular weight excluding hydrogens is 446 g/mol. The van der Waals surface area contributed by atoms with Gasteiger partial charge in [0.15, 0.2) is 11.5 Å². The number of likely N-dealkylation sites (tertiary alicyclic amines) is 1. The Bertz CT molecular complexity index is 1040. The molecule has 7 heteroatoms. The van der Waals surface area contributed by atoms with Crippen LogP contribution in [0.2, 0.25) is 0 Å². The van der Waals surface area contributed by atoms with Gasteiger partial charge in [-0.3, -0.25) is 4.79 Å². The number of piperidine rings is 1. The smallest absolute Gasteiger partial charge is 0.247 e. The van der Waals surface area contributed by atoms with Crippen LogP contribution in [0.4, 0.5) is 0 Å². The number of hydrogen-bond acceptors (Lipinski definition) is 6. The standard InChI is InChI=1S/C28H35NO6/c1-32-21-11-9-20(10-12-21)26-22-7-5-6-14-28(22,31)15-16-29(26)25(30)13-8-19-17-23(33-2)27(35-4)24(18-19)34-3/h8-13,17-18,22,26,31H,5-7,14-16H2,1-4H3/b13-8+/t22-,26-,28+/m0/s1. The molecule has 0 bridgehead atoms. The molecule has 1 aliphatic heterocycles. The van der Waals surface area contributed by atoms with Crippen LogP contribution in [0.15, 0.2) is 42.5 Å². The van der Waals surface area contributed by atoms with E-state index in [-0.39, 0.29) is 17.9 Å². The molecule has 2 aromatic carbocycles. The lowest BCUT2D eigenvalue weighted by molar-refractivity contribution is -0.150. The molecule has 2 aromatic rings. The number of hydrogen-bond donors (Lipinski definition) is 1. The predicted octanol–water partition coefficient (Wildman–Crippen LogP) is 4.63. The van der Waals surface area contributed by atoms with Crippen LogP contribution in [0.1, 0.15) is 49.3 Å². The van der Waals surface area contributed by atoms with Gasteiger partial charge < -0.3 is 29.0 Å². The van der Waals surface area contributed by atoms with Crippen LogP contribution in [-0.2, 0) is 4.79 Å². The largest absolute Gasteiger partial charge is 0.497 e. The molecule has 1 heterocycles. The third kappa shape index (κ3) is 4.96. The number of benzene rings is 2. The normalized spacial score (nSPS) is 24.1. The van der Waals surface area contributed by atoms with E-state index in [0.29, 0.717) is 30.2 Å². The third-order valence-corrected chi connectivity index (χ3v) is 7.41. The highest BCUT2D eigenvalue weighted by atomic mass is 16.5. The highest BCUT2D eigenvalue weighted by Crippen LogP contribution is 2.49. The van der Waals surface area contributed by atoms with Crippen molar-refractivity contribution in [3.63, 3.8) is 0 Å². The van der Waals surface area contributed by atoms with Crippen molar-refractivity contribution in [3.8, 4) is 23.0 Å². The van der Waals surface area contributed by atoms with E-state index in [0.717, 1.165) is 42.6 Å². The molecule has 0 unspecified atom stereocenters. The summed E-state index contributed by atoms with van der Waals surface area (Å²) in [6.45, 7) is 0.502. The van der Waals surface area contributed by atoms with Crippen molar-refractivity contribution in [2.24, 2.45) is 5.92 Å². The fraction of sp³-hybridized carbons (Fsp3) is 0.464. The summed E-state index contributed by atoms with van der Waals surface area (Å²) in [5, 5.41) is 11.5. The summed E-state index contributed by atoms with van der Waals surface area (Å²) >= 11 is 0. The Morgan fingerprint density at radius 2 is 1.66 bits per heavy atom. The van der Waals surface area contributed by atoms with Crippen LogP contribution >= 0.6 is 0 Å². The highest BCUT2D eigenvalue weighted by Gasteiger charge is 2.49. The maximum absolute atomic E-state index is 13.5. The van der Waals surface area contributed by atoms with E-state index in [9.17, 15) is 9.90 Å². The Morgan fingerprint density at radius 3 is 2.26 bits per heavy atom. The first-order valence-electron chi connectivity index (χ1n) is 12.1. The highest BCUT2D eigenvalue weighted by molar-refractivity contribution is 5.92. The number of ether oxygens (including phenoxy) is 4. The van der Waals surface area contributed by atoms with Crippen LogP contribution in [0.3, 0.4) is 0 Å². The summed E-state index contributed by atoms with van der Waals surface area (Å²) in [7, 11) is 6.32. The first kappa shape index (κ1) is 24.9. The molecule has 7 nitrogen and oxygen atoms in total. The number of carbonyl (C=O) groups is 1. The first-order valence-corrected chi connectivity index (χ1v) is 12.1. The first-order chi connectivity index (χ1) is 16.9. The Kier molecular flexibility index (Phi) is 7.55. The molecule has 4 rings (SSSR count). The lowest BCUT2D eigenvalue weighted by Crippen LogP contribution is -2.56. The average Bonchev–Trinajstić information content (AvgIpc) is 2.90. The molecule has 1 N–H and O–H groups in total. The van der Waals surface area contributed by atoms with Crippen molar-refractivity contribution in [1.29, 1.82) is 0 Å². The average molecular weight is 482 g/mol. The molecule has 3 atom stereocenters. The van der Waals surface area contributed by atoms with Gasteiger partial charge in [0, 0.05) is 18.5 Å². The monoisotopic (exact) mass is 481 g/mol. The predicted molar refractivity (Wildman–Crippen MR) is 134 cm³/mol. The summed E-state index contributed by atoms with van der Waals surface area (Å²) < 4.78 is 21.6. The molecule has 0 radical (unpaired) electrons. The Hall–Kier alpha value is -3.19. The molecule has 35 heavy (non-hydrogen) atoms. The van der Waals surface area contributed by atoms with E-state index in [1.807, 2.05) is 41.3 Å². The van der Waals surface area contributed by atoms with Gasteiger partial charge >= 0.3 is 0 Å². The minimum Gasteiger partial charge on any atom is -0.497 e. The van der Waals surface area contributed by atoms with Gasteiger partial charge in [0.05, 0.1) is 40.1 Å². The zero-order chi connectivity index (χ0) is 25.0. The number of carbonyl (C=O) groups excluding carboxylic acids is 1. The lowest BCUT2D eigenvalue weighted by Gasteiger charge is -2.52. The van der Waals surface area contributed by atoms with Crippen molar-refractivity contribution in [1.82, 2.24) is 4.90 Å². The van der Waals surface area contributed by atoms with Gasteiger partial charge in [-0.2, -0.15) is 0 Å². The van der Waals surface area contributed by atoms with Gasteiger partial charge in [0.1, 0.15) is 5.75 Å². The number of nitrogens with zero attached hydrogens (tertiary/aromatic N) is 1. The van der Waals surface area contributed by atoms with Crippen molar-refractivity contribution < 1.29 is 28.8 Å². The fourth-order valence-electron chi connectivity index (χ4n) is 5.60. The van der Waals surface area contributed by atoms with E-state index >= 15 is 0 Å². The van der Waals surface area contributed by atoms with Crippen molar-refractivity contribution >= 4 is 12.0 Å². The molecular formula is C28H35NO6. The zero-order valence-corrected chi connectivity index (χ0v) is 21.0. The Balaban J connectivity index is 1.65. The third-order valence-electron chi connectivity index (χ3n) is 7.41. The summed E-state index contributed by atoms with van der Waals surface area (Å²) in [6.07, 6.45) is 7.71. The molecule has 1 saturated carbocycles. The van der Waals surface area contributed by atoms with Crippen LogP contribution in [-0.4, -0.2) is 56.5 Å². The van der Waals surface area contributed by atoms with E-state index in [4.69, 9.17) is 18.9 Å². The Morgan fingerprint density at radius 1 is 0.971 bits per heavy atom. The van der Waals surface area contributed by atoms with E-state index in [1.165, 1.54) is 0 Å². The van der Waals surface area contributed by atoms with Crippen LogP contribution < -0.4 is 18.9 Å². The van der Waals surface area contributed by atoms with Gasteiger partial charge in [0.25, 0.3) is 0 Å². The maximum atomic E-state index is 13.5. The van der Waals surface area contributed by atoms with Crippen molar-refractivity contribution in [2.75, 3.05) is 35.0 Å². The topological polar surface area (TPSA) is 77.5 Å². The lowest BCUT2D eigenvalue weighted by atomic mass is 9.66. The Labute approximate surface area is 207 Å². The van der Waals surface area contributed by atoms with Crippen molar-refractivity contribution in [2.45, 2.75) is 43.7 Å². The maximum Gasteiger partial charge on any atom is 0.247 e. The fourth-order valence-corrected chi connectivity index (χ4v) is 5.60. The second kappa shape index (κ2) is 10.6. The molecule has 0 spiro atoms. The second-order valence-corrected chi connectivity index (χ2v) is 9.25. The summed E-state index contributed by atoms with van der Waals surface area (Å²) in [4.78, 5) is 15.4. The summed E-state index contributed by atoms with van der Waals surface area (Å²) in [5.74, 6) is 2.24. The van der Waals surface area contributed by atoms with E-state index < -0.39 is 5.60 Å². The molecule has 1 amide bonds. The number of methoxy groups -OCH3 is 4. The van der Waals surface area contributed by atoms with E-state index in [2.05, 4.69) is 0 Å². The van der Waals surface area contributed by atoms with Gasteiger partial charge in [-0.15, -0.1) is 0 Å². The van der Waals surface area contributed by atoms with Gasteiger partial charge in [-0.25, -0.2) is 0 Å². The van der Waals surface area contributed by atoms with Gasteiger partial charge in [-0.1, -0.05) is 25.0 Å². The SMILES string of the molecule is COc1ccc([C@H]2[C@@H]3CCCC[C@@]3(O)CCN2C(=O)/C=C/c2cc(OC)c(OC)c(OC)c2)cc1. The quantitative estimate of drug-likeness (QED) is 0.581. The number of aliphatic hydroxyl groups is 1. The summed E-state index contributed by atoms with van der Waals surface area (Å²) in [6, 6.07) is 11.3. The molecule has 1 saturated heterocycles. The number of amides is 1. The van der Waals surface area contributed by atoms with Crippen molar-refractivity contribution in [3.05, 3.63) is 53.6 Å². The molecule has 2 aliphatic rings. The molecule has 1 aliphatic carbocycles. The second-order valence-electron chi connectivity index (χ2n) is 9.25. The minimum atomic E-state index is -0.736. The number of fused-ring (bicyclic) bond motifs is 1. The minimum absolute atomic E-state index is 0.00285. The zero-order valence-electron chi connectivity index (χ0n) is 21.0. The van der Waals surface area contributed by atoms with Crippen LogP contribution in [0.5, 0.6) is 23.0 Å². The number of rotatable bonds is 7.